The Labute approximate surface area is 90.3 Å². The Kier molecular flexibility index (Phi) is 4.69. The molecule has 2 N–H and O–H groups in total. The molecule has 0 aliphatic carbocycles. The zero-order chi connectivity index (χ0) is 11.1. The summed E-state index contributed by atoms with van der Waals surface area (Å²) in [7, 11) is 0. The molecule has 0 radical (unpaired) electrons. The van der Waals surface area contributed by atoms with E-state index >= 15 is 0 Å². The molecule has 0 saturated heterocycles. The van der Waals surface area contributed by atoms with Crippen LogP contribution >= 0.6 is 11.3 Å². The van der Waals surface area contributed by atoms with Crippen LogP contribution in [0.4, 0.5) is 5.13 Å². The predicted octanol–water partition coefficient (Wildman–Crippen LogP) is 1.12. The molecule has 0 unspecified atom stereocenters. The van der Waals surface area contributed by atoms with E-state index in [4.69, 9.17) is 5.11 Å². The first-order chi connectivity index (χ1) is 7.18. The first-order valence-electron chi connectivity index (χ1n) is 4.46. The van der Waals surface area contributed by atoms with E-state index in [1.807, 2.05) is 0 Å². The first-order valence-corrected chi connectivity index (χ1v) is 5.34. The molecular formula is C8H11N3O3S. The van der Waals surface area contributed by atoms with E-state index in [0.717, 1.165) is 0 Å². The van der Waals surface area contributed by atoms with E-state index in [1.165, 1.54) is 16.8 Å². The Balaban J connectivity index is 2.11. The molecule has 0 aromatic carbocycles. The van der Waals surface area contributed by atoms with Gasteiger partial charge in [-0.1, -0.05) is 11.3 Å². The van der Waals surface area contributed by atoms with Gasteiger partial charge in [0.1, 0.15) is 5.51 Å². The third-order valence-electron chi connectivity index (χ3n) is 1.65. The molecule has 1 amide bonds. The summed E-state index contributed by atoms with van der Waals surface area (Å²) < 4.78 is 0. The zero-order valence-corrected chi connectivity index (χ0v) is 8.79. The number of nitrogens with zero attached hydrogens (tertiary/aromatic N) is 2. The summed E-state index contributed by atoms with van der Waals surface area (Å²) >= 11 is 1.25. The molecule has 0 bridgehead atoms. The molecule has 0 aliphatic heterocycles. The lowest BCUT2D eigenvalue weighted by Crippen LogP contribution is -2.11. The number of nitrogens with one attached hydrogen (secondary N) is 1. The number of carboxylic acid groups (broad SMARTS) is 1. The summed E-state index contributed by atoms with van der Waals surface area (Å²) in [5.74, 6) is -0.989. The highest BCUT2D eigenvalue weighted by atomic mass is 32.1. The molecule has 6 nitrogen and oxygen atoms in total. The Morgan fingerprint density at radius 2 is 2.13 bits per heavy atom. The molecular weight excluding hydrogens is 218 g/mol. The van der Waals surface area contributed by atoms with Gasteiger partial charge in [-0.3, -0.25) is 9.59 Å². The lowest BCUT2D eigenvalue weighted by Gasteiger charge is -1.99. The van der Waals surface area contributed by atoms with Gasteiger partial charge >= 0.3 is 5.97 Å². The van der Waals surface area contributed by atoms with Gasteiger partial charge in [0.2, 0.25) is 11.0 Å². The van der Waals surface area contributed by atoms with Crippen molar-refractivity contribution < 1.29 is 14.7 Å². The fraction of sp³-hybridized carbons (Fsp3) is 0.500. The molecule has 1 rings (SSSR count). The largest absolute Gasteiger partial charge is 0.481 e. The van der Waals surface area contributed by atoms with Crippen LogP contribution in [0.1, 0.15) is 25.7 Å². The number of aliphatic carboxylic acids is 1. The number of aromatic nitrogens is 2. The highest BCUT2D eigenvalue weighted by Gasteiger charge is 2.05. The molecule has 0 fully saturated rings. The van der Waals surface area contributed by atoms with Crippen molar-refractivity contribution in [2.45, 2.75) is 25.7 Å². The molecule has 82 valence electrons. The van der Waals surface area contributed by atoms with E-state index in [-0.39, 0.29) is 12.3 Å². The second-order valence-corrected chi connectivity index (χ2v) is 3.73. The second-order valence-electron chi connectivity index (χ2n) is 2.89. The van der Waals surface area contributed by atoms with Crippen LogP contribution in [0, 0.1) is 0 Å². The third-order valence-corrected chi connectivity index (χ3v) is 2.26. The van der Waals surface area contributed by atoms with E-state index in [9.17, 15) is 9.59 Å². The summed E-state index contributed by atoms with van der Waals surface area (Å²) in [5.41, 5.74) is 1.53. The number of rotatable bonds is 6. The molecule has 7 heteroatoms. The minimum absolute atomic E-state index is 0.103. The van der Waals surface area contributed by atoms with Crippen LogP contribution in [-0.2, 0) is 9.59 Å². The number of carbonyl (C=O) groups excluding carboxylic acids is 1. The average molecular weight is 229 g/mol. The summed E-state index contributed by atoms with van der Waals surface area (Å²) in [6.07, 6.45) is 1.49. The van der Waals surface area contributed by atoms with Gasteiger partial charge in [0.25, 0.3) is 0 Å². The number of unbranched alkanes of at least 4 members (excludes halogenated alkanes) is 1. The average Bonchev–Trinajstić information content (AvgIpc) is 2.64. The third kappa shape index (κ3) is 5.06. The van der Waals surface area contributed by atoms with Gasteiger partial charge in [-0.05, 0) is 12.8 Å². The molecule has 0 saturated carbocycles. The summed E-state index contributed by atoms with van der Waals surface area (Å²) in [4.78, 5) is 21.4. The normalized spacial score (nSPS) is 9.87. The fourth-order valence-electron chi connectivity index (χ4n) is 0.971. The minimum atomic E-state index is -0.834. The fourth-order valence-corrected chi connectivity index (χ4v) is 1.43. The van der Waals surface area contributed by atoms with Gasteiger partial charge in [-0.25, -0.2) is 0 Å². The Bertz CT molecular complexity index is 326. The van der Waals surface area contributed by atoms with E-state index in [0.29, 0.717) is 24.4 Å². The number of amides is 1. The van der Waals surface area contributed by atoms with Crippen LogP contribution < -0.4 is 5.32 Å². The van der Waals surface area contributed by atoms with Crippen LogP contribution in [0.3, 0.4) is 0 Å². The van der Waals surface area contributed by atoms with Crippen LogP contribution in [0.5, 0.6) is 0 Å². The van der Waals surface area contributed by atoms with Crippen molar-refractivity contribution in [3.05, 3.63) is 5.51 Å². The molecule has 1 aromatic heterocycles. The van der Waals surface area contributed by atoms with Crippen LogP contribution in [0.25, 0.3) is 0 Å². The zero-order valence-electron chi connectivity index (χ0n) is 7.97. The van der Waals surface area contributed by atoms with Crippen LogP contribution in [0.2, 0.25) is 0 Å². The van der Waals surface area contributed by atoms with Gasteiger partial charge in [-0.15, -0.1) is 10.2 Å². The van der Waals surface area contributed by atoms with E-state index in [2.05, 4.69) is 15.5 Å². The minimum Gasteiger partial charge on any atom is -0.481 e. The number of anilines is 1. The van der Waals surface area contributed by atoms with Crippen molar-refractivity contribution in [1.82, 2.24) is 10.2 Å². The van der Waals surface area contributed by atoms with Gasteiger partial charge in [0.15, 0.2) is 0 Å². The lowest BCUT2D eigenvalue weighted by molar-refractivity contribution is -0.137. The molecule has 0 aliphatic rings. The highest BCUT2D eigenvalue weighted by molar-refractivity contribution is 7.13. The highest BCUT2D eigenvalue weighted by Crippen LogP contribution is 2.09. The predicted molar refractivity (Wildman–Crippen MR) is 54.6 cm³/mol. The Hall–Kier alpha value is -1.50. The summed E-state index contributed by atoms with van der Waals surface area (Å²) in [6, 6.07) is 0. The van der Waals surface area contributed by atoms with E-state index < -0.39 is 5.97 Å². The molecule has 0 atom stereocenters. The smallest absolute Gasteiger partial charge is 0.303 e. The Morgan fingerprint density at radius 3 is 2.73 bits per heavy atom. The maximum Gasteiger partial charge on any atom is 0.303 e. The van der Waals surface area contributed by atoms with Gasteiger partial charge in [0, 0.05) is 12.8 Å². The van der Waals surface area contributed by atoms with Crippen molar-refractivity contribution in [3.63, 3.8) is 0 Å². The Morgan fingerprint density at radius 1 is 1.40 bits per heavy atom. The van der Waals surface area contributed by atoms with E-state index in [1.54, 1.807) is 0 Å². The monoisotopic (exact) mass is 229 g/mol. The van der Waals surface area contributed by atoms with Gasteiger partial charge in [0.05, 0.1) is 0 Å². The molecule has 0 spiro atoms. The standard InChI is InChI=1S/C8H11N3O3S/c12-6(3-1-2-4-7(13)14)10-8-11-9-5-15-8/h5H,1-4H2,(H,13,14)(H,10,11,12). The van der Waals surface area contributed by atoms with Crippen molar-refractivity contribution in [3.8, 4) is 0 Å². The van der Waals surface area contributed by atoms with Crippen LogP contribution in [0.15, 0.2) is 5.51 Å². The van der Waals surface area contributed by atoms with Gasteiger partial charge < -0.3 is 10.4 Å². The number of carbonyl (C=O) groups is 2. The van der Waals surface area contributed by atoms with Gasteiger partial charge in [-0.2, -0.15) is 0 Å². The first kappa shape index (κ1) is 11.6. The van der Waals surface area contributed by atoms with Crippen molar-refractivity contribution in [1.29, 1.82) is 0 Å². The maximum atomic E-state index is 11.2. The summed E-state index contributed by atoms with van der Waals surface area (Å²) in [5, 5.41) is 18.6. The summed E-state index contributed by atoms with van der Waals surface area (Å²) in [6.45, 7) is 0. The van der Waals surface area contributed by atoms with Crippen molar-refractivity contribution in [2.24, 2.45) is 0 Å². The molecule has 1 heterocycles. The molecule has 1 aromatic rings. The number of carboxylic acids is 1. The molecule has 15 heavy (non-hydrogen) atoms. The van der Waals surface area contributed by atoms with Crippen LogP contribution in [-0.4, -0.2) is 27.2 Å². The number of hydrogen-bond acceptors (Lipinski definition) is 5. The van der Waals surface area contributed by atoms with Crippen molar-refractivity contribution >= 4 is 28.3 Å². The topological polar surface area (TPSA) is 92.2 Å². The number of hydrogen-bond donors (Lipinski definition) is 2. The SMILES string of the molecule is O=C(O)CCCCC(=O)Nc1nncs1. The van der Waals surface area contributed by atoms with Crippen molar-refractivity contribution in [2.75, 3.05) is 5.32 Å². The second kappa shape index (κ2) is 6.07. The quantitative estimate of drug-likeness (QED) is 0.713. The lowest BCUT2D eigenvalue weighted by atomic mass is 10.2. The maximum absolute atomic E-state index is 11.2.